The maximum atomic E-state index is 12.4. The smallest absolute Gasteiger partial charge is 0.227 e. The van der Waals surface area contributed by atoms with Crippen LogP contribution in [0.3, 0.4) is 0 Å². The molecule has 0 bridgehead atoms. The Kier molecular flexibility index (Phi) is 6.29. The largest absolute Gasteiger partial charge is 0.490 e. The van der Waals surface area contributed by atoms with E-state index in [1.165, 1.54) is 6.92 Å². The molecule has 1 amide bonds. The van der Waals surface area contributed by atoms with Crippen LogP contribution in [0, 0.1) is 0 Å². The summed E-state index contributed by atoms with van der Waals surface area (Å²) in [6.07, 6.45) is 0.175. The Bertz CT molecular complexity index is 778. The predicted octanol–water partition coefficient (Wildman–Crippen LogP) is 3.45. The molecule has 1 unspecified atom stereocenters. The lowest BCUT2D eigenvalue weighted by Crippen LogP contribution is -2.48. The number of thiophene rings is 1. The van der Waals surface area contributed by atoms with E-state index in [-0.39, 0.29) is 24.4 Å². The van der Waals surface area contributed by atoms with E-state index in [0.717, 1.165) is 5.56 Å². The maximum Gasteiger partial charge on any atom is 0.227 e. The molecule has 5 nitrogen and oxygen atoms in total. The zero-order chi connectivity index (χ0) is 18.5. The second-order valence-electron chi connectivity index (χ2n) is 6.15. The number of carbonyl (C=O) groups is 2. The van der Waals surface area contributed by atoms with Crippen LogP contribution in [0.1, 0.15) is 22.8 Å². The number of halogens is 1. The Morgan fingerprint density at radius 3 is 2.96 bits per heavy atom. The number of rotatable bonds is 6. The molecule has 0 radical (unpaired) electrons. The van der Waals surface area contributed by atoms with E-state index in [0.29, 0.717) is 42.5 Å². The second-order valence-corrected chi connectivity index (χ2v) is 7.37. The number of ether oxygens (including phenoxy) is 2. The highest BCUT2D eigenvalue weighted by molar-refractivity contribution is 7.08. The molecule has 0 saturated carbocycles. The fourth-order valence-electron chi connectivity index (χ4n) is 2.81. The highest BCUT2D eigenvalue weighted by atomic mass is 35.5. The van der Waals surface area contributed by atoms with Gasteiger partial charge in [-0.05, 0) is 47.5 Å². The molecule has 26 heavy (non-hydrogen) atoms. The van der Waals surface area contributed by atoms with Crippen molar-refractivity contribution in [2.45, 2.75) is 19.4 Å². The Labute approximate surface area is 161 Å². The minimum absolute atomic E-state index is 0.0904. The monoisotopic (exact) mass is 393 g/mol. The number of benzene rings is 1. The number of Topliss-reactive ketones (excluding diaryl/α,β-unsaturated/α-hetero) is 1. The summed E-state index contributed by atoms with van der Waals surface area (Å²) in [6, 6.07) is 6.92. The van der Waals surface area contributed by atoms with Crippen molar-refractivity contribution < 1.29 is 19.1 Å². The average Bonchev–Trinajstić information content (AvgIpc) is 3.13. The molecule has 2 heterocycles. The first kappa shape index (κ1) is 18.9. The lowest BCUT2D eigenvalue weighted by Gasteiger charge is -2.33. The number of hydrogen-bond donors (Lipinski definition) is 0. The lowest BCUT2D eigenvalue weighted by molar-refractivity contribution is -0.139. The normalized spacial score (nSPS) is 17.2. The zero-order valence-corrected chi connectivity index (χ0v) is 16.0. The van der Waals surface area contributed by atoms with Gasteiger partial charge in [-0.2, -0.15) is 11.3 Å². The summed E-state index contributed by atoms with van der Waals surface area (Å²) in [5.41, 5.74) is 1.48. The lowest BCUT2D eigenvalue weighted by atomic mass is 10.1. The molecule has 1 aliphatic rings. The van der Waals surface area contributed by atoms with Gasteiger partial charge in [-0.25, -0.2) is 0 Å². The minimum Gasteiger partial charge on any atom is -0.490 e. The van der Waals surface area contributed by atoms with Crippen molar-refractivity contribution in [2.24, 2.45) is 0 Å². The maximum absolute atomic E-state index is 12.4. The Morgan fingerprint density at radius 1 is 1.38 bits per heavy atom. The van der Waals surface area contributed by atoms with Crippen molar-refractivity contribution in [2.75, 3.05) is 26.3 Å². The Balaban J connectivity index is 1.57. The molecule has 0 spiro atoms. The van der Waals surface area contributed by atoms with Gasteiger partial charge in [0.15, 0.2) is 5.78 Å². The first-order valence-corrected chi connectivity index (χ1v) is 9.68. The summed E-state index contributed by atoms with van der Waals surface area (Å²) in [5.74, 6) is 0.458. The van der Waals surface area contributed by atoms with Crippen LogP contribution in [0.2, 0.25) is 5.02 Å². The molecule has 1 aliphatic heterocycles. The molecule has 3 rings (SSSR count). The van der Waals surface area contributed by atoms with Crippen LogP contribution in [0.5, 0.6) is 5.75 Å². The number of hydrogen-bond acceptors (Lipinski definition) is 5. The average molecular weight is 394 g/mol. The van der Waals surface area contributed by atoms with Crippen molar-refractivity contribution in [3.05, 3.63) is 51.2 Å². The van der Waals surface area contributed by atoms with Crippen LogP contribution in [-0.4, -0.2) is 49.0 Å². The van der Waals surface area contributed by atoms with Crippen molar-refractivity contribution >= 4 is 34.6 Å². The summed E-state index contributed by atoms with van der Waals surface area (Å²) in [5, 5.41) is 4.45. The molecule has 1 saturated heterocycles. The molecule has 0 N–H and O–H groups in total. The highest BCUT2D eigenvalue weighted by Gasteiger charge is 2.25. The van der Waals surface area contributed by atoms with Gasteiger partial charge in [0.2, 0.25) is 5.91 Å². The van der Waals surface area contributed by atoms with E-state index in [4.69, 9.17) is 21.1 Å². The van der Waals surface area contributed by atoms with E-state index in [1.54, 1.807) is 29.5 Å². The van der Waals surface area contributed by atoms with Crippen molar-refractivity contribution in [1.82, 2.24) is 4.90 Å². The predicted molar refractivity (Wildman–Crippen MR) is 101 cm³/mol. The van der Waals surface area contributed by atoms with Gasteiger partial charge < -0.3 is 14.4 Å². The standard InChI is InChI=1S/C19H20ClNO4S/c1-13(22)17-9-15(20)2-3-18(17)25-11-16-10-21(5-6-24-16)19(23)8-14-4-7-26-12-14/h2-4,7,9,12,16H,5-6,8,10-11H2,1H3. The first-order valence-electron chi connectivity index (χ1n) is 8.36. The fourth-order valence-corrected chi connectivity index (χ4v) is 3.65. The zero-order valence-electron chi connectivity index (χ0n) is 14.4. The Morgan fingerprint density at radius 2 is 2.23 bits per heavy atom. The van der Waals surface area contributed by atoms with Gasteiger partial charge >= 0.3 is 0 Å². The van der Waals surface area contributed by atoms with Crippen LogP contribution < -0.4 is 4.74 Å². The summed E-state index contributed by atoms with van der Waals surface area (Å²) in [6.45, 7) is 3.28. The molecular formula is C19H20ClNO4S. The van der Waals surface area contributed by atoms with E-state index >= 15 is 0 Å². The molecular weight excluding hydrogens is 374 g/mol. The van der Waals surface area contributed by atoms with Gasteiger partial charge in [0, 0.05) is 11.6 Å². The van der Waals surface area contributed by atoms with Gasteiger partial charge in [0.25, 0.3) is 0 Å². The van der Waals surface area contributed by atoms with Gasteiger partial charge in [-0.15, -0.1) is 0 Å². The summed E-state index contributed by atoms with van der Waals surface area (Å²) in [4.78, 5) is 26.0. The number of amides is 1. The van der Waals surface area contributed by atoms with Crippen LogP contribution in [0.4, 0.5) is 0 Å². The molecule has 1 aromatic heterocycles. The minimum atomic E-state index is -0.231. The SMILES string of the molecule is CC(=O)c1cc(Cl)ccc1OCC1CN(C(=O)Cc2ccsc2)CCO1. The van der Waals surface area contributed by atoms with Crippen LogP contribution >= 0.6 is 22.9 Å². The molecule has 2 aromatic rings. The third-order valence-electron chi connectivity index (χ3n) is 4.17. The molecule has 1 aromatic carbocycles. The summed E-state index contributed by atoms with van der Waals surface area (Å²) < 4.78 is 11.5. The van der Waals surface area contributed by atoms with Crippen molar-refractivity contribution in [1.29, 1.82) is 0 Å². The van der Waals surface area contributed by atoms with E-state index in [2.05, 4.69) is 0 Å². The molecule has 7 heteroatoms. The van der Waals surface area contributed by atoms with E-state index in [1.807, 2.05) is 21.7 Å². The van der Waals surface area contributed by atoms with E-state index in [9.17, 15) is 9.59 Å². The number of nitrogens with zero attached hydrogens (tertiary/aromatic N) is 1. The van der Waals surface area contributed by atoms with Crippen LogP contribution in [-0.2, 0) is 16.0 Å². The van der Waals surface area contributed by atoms with Gasteiger partial charge in [0.05, 0.1) is 25.1 Å². The van der Waals surface area contributed by atoms with Gasteiger partial charge in [0.1, 0.15) is 18.5 Å². The van der Waals surface area contributed by atoms with Crippen LogP contribution in [0.15, 0.2) is 35.0 Å². The third kappa shape index (κ3) is 4.84. The number of ketones is 1. The Hall–Kier alpha value is -1.89. The molecule has 1 atom stereocenters. The molecule has 0 aliphatic carbocycles. The number of carbonyl (C=O) groups excluding carboxylic acids is 2. The van der Waals surface area contributed by atoms with Crippen molar-refractivity contribution in [3.63, 3.8) is 0 Å². The first-order chi connectivity index (χ1) is 12.5. The summed E-state index contributed by atoms with van der Waals surface area (Å²) in [7, 11) is 0. The second kappa shape index (κ2) is 8.66. The third-order valence-corrected chi connectivity index (χ3v) is 5.14. The molecule has 1 fully saturated rings. The van der Waals surface area contributed by atoms with Crippen LogP contribution in [0.25, 0.3) is 0 Å². The quantitative estimate of drug-likeness (QED) is 0.705. The van der Waals surface area contributed by atoms with Gasteiger partial charge in [-0.1, -0.05) is 11.6 Å². The van der Waals surface area contributed by atoms with Gasteiger partial charge in [-0.3, -0.25) is 9.59 Å². The highest BCUT2D eigenvalue weighted by Crippen LogP contribution is 2.24. The topological polar surface area (TPSA) is 55.8 Å². The van der Waals surface area contributed by atoms with E-state index < -0.39 is 0 Å². The van der Waals surface area contributed by atoms with Crippen molar-refractivity contribution in [3.8, 4) is 5.75 Å². The summed E-state index contributed by atoms with van der Waals surface area (Å²) >= 11 is 7.53. The molecule has 138 valence electrons. The fraction of sp³-hybridized carbons (Fsp3) is 0.368. The number of morpholine rings is 1.